The molecule has 0 aliphatic carbocycles. The molecule has 0 bridgehead atoms. The summed E-state index contributed by atoms with van der Waals surface area (Å²) < 4.78 is 37.5. The van der Waals surface area contributed by atoms with Crippen LogP contribution < -0.4 is 5.43 Å². The second-order valence-corrected chi connectivity index (χ2v) is 5.98. The molecular formula is C18H19F3N4. The normalized spacial score (nSPS) is 15.9. The van der Waals surface area contributed by atoms with Crippen molar-refractivity contribution in [2.24, 2.45) is 5.10 Å². The highest BCUT2D eigenvalue weighted by atomic mass is 19.4. The van der Waals surface area contributed by atoms with Crippen molar-refractivity contribution in [2.45, 2.75) is 25.6 Å². The highest BCUT2D eigenvalue weighted by molar-refractivity contribution is 5.86. The van der Waals surface area contributed by atoms with Crippen LogP contribution in [0, 0.1) is 0 Å². The molecule has 3 rings (SSSR count). The highest BCUT2D eigenvalue weighted by Crippen LogP contribution is 2.28. The van der Waals surface area contributed by atoms with Crippen molar-refractivity contribution in [1.82, 2.24) is 9.88 Å². The number of hydrazone groups is 1. The molecule has 2 heterocycles. The van der Waals surface area contributed by atoms with Crippen LogP contribution in [0.4, 0.5) is 19.0 Å². The predicted molar refractivity (Wildman–Crippen MR) is 91.2 cm³/mol. The lowest BCUT2D eigenvalue weighted by Gasteiger charge is -2.27. The van der Waals surface area contributed by atoms with Crippen molar-refractivity contribution >= 4 is 11.5 Å². The van der Waals surface area contributed by atoms with E-state index in [-0.39, 0.29) is 0 Å². The van der Waals surface area contributed by atoms with Gasteiger partial charge in [0.1, 0.15) is 5.82 Å². The van der Waals surface area contributed by atoms with Crippen LogP contribution in [0.5, 0.6) is 0 Å². The molecule has 2 aromatic rings. The molecule has 1 aromatic heterocycles. The Morgan fingerprint density at radius 3 is 2.36 bits per heavy atom. The van der Waals surface area contributed by atoms with Gasteiger partial charge in [-0.1, -0.05) is 30.3 Å². The van der Waals surface area contributed by atoms with Gasteiger partial charge in [-0.05, 0) is 17.7 Å². The Morgan fingerprint density at radius 2 is 1.76 bits per heavy atom. The first-order chi connectivity index (χ1) is 12.0. The van der Waals surface area contributed by atoms with Crippen LogP contribution in [0.3, 0.4) is 0 Å². The Hall–Kier alpha value is -2.41. The molecular weight excluding hydrogens is 329 g/mol. The number of likely N-dealkylation sites (tertiary alicyclic amines) is 1. The minimum Gasteiger partial charge on any atom is -0.298 e. The zero-order valence-corrected chi connectivity index (χ0v) is 13.6. The van der Waals surface area contributed by atoms with E-state index in [0.717, 1.165) is 50.5 Å². The van der Waals surface area contributed by atoms with Crippen molar-refractivity contribution in [1.29, 1.82) is 0 Å². The number of aromatic nitrogens is 1. The fourth-order valence-electron chi connectivity index (χ4n) is 2.69. The molecule has 0 saturated carbocycles. The first kappa shape index (κ1) is 17.4. The second-order valence-electron chi connectivity index (χ2n) is 5.98. The van der Waals surface area contributed by atoms with E-state index < -0.39 is 11.7 Å². The van der Waals surface area contributed by atoms with Crippen LogP contribution in [0.25, 0.3) is 0 Å². The lowest BCUT2D eigenvalue weighted by molar-refractivity contribution is -0.137. The van der Waals surface area contributed by atoms with Gasteiger partial charge in [0.15, 0.2) is 0 Å². The quantitative estimate of drug-likeness (QED) is 0.844. The third-order valence-corrected chi connectivity index (χ3v) is 4.10. The van der Waals surface area contributed by atoms with Gasteiger partial charge in [-0.3, -0.25) is 10.3 Å². The zero-order chi connectivity index (χ0) is 17.7. The summed E-state index contributed by atoms with van der Waals surface area (Å²) in [5.41, 5.74) is 4.28. The van der Waals surface area contributed by atoms with E-state index in [0.29, 0.717) is 5.82 Å². The Bertz CT molecular complexity index is 701. The number of piperidine rings is 1. The van der Waals surface area contributed by atoms with Crippen molar-refractivity contribution in [2.75, 3.05) is 18.5 Å². The maximum Gasteiger partial charge on any atom is 0.417 e. The summed E-state index contributed by atoms with van der Waals surface area (Å²) >= 11 is 0. The monoisotopic (exact) mass is 348 g/mol. The maximum atomic E-state index is 12.5. The number of halogens is 3. The van der Waals surface area contributed by atoms with E-state index in [9.17, 15) is 13.2 Å². The van der Waals surface area contributed by atoms with Crippen LogP contribution in [-0.2, 0) is 12.7 Å². The summed E-state index contributed by atoms with van der Waals surface area (Å²) in [6.45, 7) is 2.74. The topological polar surface area (TPSA) is 40.5 Å². The molecule has 132 valence electrons. The Morgan fingerprint density at radius 1 is 1.04 bits per heavy atom. The molecule has 0 amide bonds. The maximum absolute atomic E-state index is 12.5. The molecule has 1 saturated heterocycles. The first-order valence-electron chi connectivity index (χ1n) is 8.12. The van der Waals surface area contributed by atoms with Gasteiger partial charge in [0.25, 0.3) is 0 Å². The van der Waals surface area contributed by atoms with Crippen molar-refractivity contribution < 1.29 is 13.2 Å². The Balaban J connectivity index is 1.49. The molecule has 0 atom stereocenters. The van der Waals surface area contributed by atoms with E-state index >= 15 is 0 Å². The lowest BCUT2D eigenvalue weighted by Crippen LogP contribution is -2.33. The van der Waals surface area contributed by atoms with Gasteiger partial charge >= 0.3 is 6.18 Å². The van der Waals surface area contributed by atoms with Gasteiger partial charge < -0.3 is 0 Å². The molecule has 0 radical (unpaired) electrons. The Kier molecular flexibility index (Phi) is 5.33. The molecule has 0 unspecified atom stereocenters. The largest absolute Gasteiger partial charge is 0.417 e. The molecule has 1 fully saturated rings. The molecule has 1 N–H and O–H groups in total. The van der Waals surface area contributed by atoms with Gasteiger partial charge in [0.2, 0.25) is 0 Å². The van der Waals surface area contributed by atoms with Crippen LogP contribution in [0.2, 0.25) is 0 Å². The third kappa shape index (κ3) is 5.03. The fourth-order valence-corrected chi connectivity index (χ4v) is 2.69. The molecule has 4 nitrogen and oxygen atoms in total. The number of pyridine rings is 1. The number of hydrogen-bond acceptors (Lipinski definition) is 4. The van der Waals surface area contributed by atoms with Gasteiger partial charge in [0.05, 0.1) is 5.56 Å². The minimum atomic E-state index is -4.37. The number of hydrogen-bond donors (Lipinski definition) is 1. The summed E-state index contributed by atoms with van der Waals surface area (Å²) in [6.07, 6.45) is -1.89. The van der Waals surface area contributed by atoms with Gasteiger partial charge in [0, 0.05) is 44.4 Å². The standard InChI is InChI=1S/C18H19F3N4/c19-18(20,21)15-6-7-17(22-12-15)24-23-16-8-10-25(11-9-16)13-14-4-2-1-3-5-14/h1-7,12H,8-11,13H2,(H,22,24). The zero-order valence-electron chi connectivity index (χ0n) is 13.6. The predicted octanol–water partition coefficient (Wildman–Crippen LogP) is 4.16. The van der Waals surface area contributed by atoms with E-state index in [4.69, 9.17) is 0 Å². The summed E-state index contributed by atoms with van der Waals surface area (Å²) in [5, 5.41) is 4.28. The van der Waals surface area contributed by atoms with Crippen molar-refractivity contribution in [3.8, 4) is 0 Å². The van der Waals surface area contributed by atoms with Crippen LogP contribution in [-0.4, -0.2) is 28.7 Å². The average Bonchev–Trinajstić information content (AvgIpc) is 2.62. The number of rotatable bonds is 4. The van der Waals surface area contributed by atoms with E-state index in [1.807, 2.05) is 18.2 Å². The second kappa shape index (κ2) is 7.65. The number of benzene rings is 1. The summed E-state index contributed by atoms with van der Waals surface area (Å²) in [7, 11) is 0. The molecule has 1 aromatic carbocycles. The van der Waals surface area contributed by atoms with Gasteiger partial charge in [-0.15, -0.1) is 0 Å². The summed E-state index contributed by atoms with van der Waals surface area (Å²) in [6, 6.07) is 12.6. The van der Waals surface area contributed by atoms with Crippen LogP contribution in [0.1, 0.15) is 24.0 Å². The van der Waals surface area contributed by atoms with Gasteiger partial charge in [-0.2, -0.15) is 18.3 Å². The van der Waals surface area contributed by atoms with E-state index in [1.54, 1.807) is 0 Å². The molecule has 1 aliphatic rings. The molecule has 25 heavy (non-hydrogen) atoms. The SMILES string of the molecule is FC(F)(F)c1ccc(NN=C2CCN(Cc3ccccc3)CC2)nc1. The van der Waals surface area contributed by atoms with E-state index in [1.165, 1.54) is 11.6 Å². The lowest BCUT2D eigenvalue weighted by atomic mass is 10.1. The highest BCUT2D eigenvalue weighted by Gasteiger charge is 2.30. The van der Waals surface area contributed by atoms with Gasteiger partial charge in [-0.25, -0.2) is 4.98 Å². The first-order valence-corrected chi connectivity index (χ1v) is 8.12. The number of nitrogens with one attached hydrogen (secondary N) is 1. The number of nitrogens with zero attached hydrogens (tertiary/aromatic N) is 3. The van der Waals surface area contributed by atoms with Crippen LogP contribution >= 0.6 is 0 Å². The number of anilines is 1. The average molecular weight is 348 g/mol. The molecule has 0 spiro atoms. The van der Waals surface area contributed by atoms with Crippen LogP contribution in [0.15, 0.2) is 53.8 Å². The summed E-state index contributed by atoms with van der Waals surface area (Å²) in [5.74, 6) is 0.312. The van der Waals surface area contributed by atoms with Crippen molar-refractivity contribution in [3.05, 3.63) is 59.8 Å². The number of alkyl halides is 3. The van der Waals surface area contributed by atoms with E-state index in [2.05, 4.69) is 32.5 Å². The Labute approximate surface area is 144 Å². The van der Waals surface area contributed by atoms with Crippen molar-refractivity contribution in [3.63, 3.8) is 0 Å². The molecule has 1 aliphatic heterocycles. The fraction of sp³-hybridized carbons (Fsp3) is 0.333. The summed E-state index contributed by atoms with van der Waals surface area (Å²) in [4.78, 5) is 6.12. The third-order valence-electron chi connectivity index (χ3n) is 4.10. The smallest absolute Gasteiger partial charge is 0.298 e. The minimum absolute atomic E-state index is 0.312. The molecule has 7 heteroatoms.